The van der Waals surface area contributed by atoms with Gasteiger partial charge in [0.05, 0.1) is 0 Å². The summed E-state index contributed by atoms with van der Waals surface area (Å²) < 4.78 is 0.945. The summed E-state index contributed by atoms with van der Waals surface area (Å²) in [6.07, 6.45) is 0.863. The van der Waals surface area contributed by atoms with Crippen LogP contribution < -0.4 is 0 Å². The predicted octanol–water partition coefficient (Wildman–Crippen LogP) is 4.49. The molecule has 0 fully saturated rings. The van der Waals surface area contributed by atoms with Gasteiger partial charge in [-0.05, 0) is 39.0 Å². The third-order valence-corrected chi connectivity index (χ3v) is 4.36. The number of Topliss-reactive ketones (excluding diaryl/α,β-unsaturated/α-hetero) is 1. The van der Waals surface area contributed by atoms with E-state index < -0.39 is 0 Å². The zero-order valence-corrected chi connectivity index (χ0v) is 11.7. The summed E-state index contributed by atoms with van der Waals surface area (Å²) in [7, 11) is 0. The van der Waals surface area contributed by atoms with Crippen LogP contribution in [0.2, 0.25) is 0 Å². The number of hydrogen-bond acceptors (Lipinski definition) is 1. The summed E-state index contributed by atoms with van der Waals surface area (Å²) in [6, 6.07) is 14.3. The lowest BCUT2D eigenvalue weighted by Crippen LogP contribution is -2.04. The smallest absolute Gasteiger partial charge is 0.167 e. The van der Waals surface area contributed by atoms with Gasteiger partial charge in [-0.15, -0.1) is 0 Å². The van der Waals surface area contributed by atoms with Crippen molar-refractivity contribution < 1.29 is 4.79 Å². The maximum Gasteiger partial charge on any atom is 0.167 e. The van der Waals surface area contributed by atoms with Crippen molar-refractivity contribution in [3.8, 4) is 11.1 Å². The molecule has 1 aliphatic rings. The SMILES string of the molecule is CC1Cc2ccc(-c3ccccc3)c(Br)c2C1=O. The number of benzene rings is 2. The molecule has 2 aromatic rings. The van der Waals surface area contributed by atoms with Crippen molar-refractivity contribution in [1.82, 2.24) is 0 Å². The van der Waals surface area contributed by atoms with Gasteiger partial charge in [-0.25, -0.2) is 0 Å². The zero-order chi connectivity index (χ0) is 12.7. The number of fused-ring (bicyclic) bond motifs is 1. The van der Waals surface area contributed by atoms with Crippen LogP contribution in [0.4, 0.5) is 0 Å². The highest BCUT2D eigenvalue weighted by Gasteiger charge is 2.30. The molecule has 1 atom stereocenters. The van der Waals surface area contributed by atoms with Gasteiger partial charge in [0.2, 0.25) is 0 Å². The topological polar surface area (TPSA) is 17.1 Å². The van der Waals surface area contributed by atoms with E-state index in [9.17, 15) is 4.79 Å². The summed E-state index contributed by atoms with van der Waals surface area (Å²) in [4.78, 5) is 12.2. The van der Waals surface area contributed by atoms with Crippen LogP contribution in [-0.2, 0) is 6.42 Å². The highest BCUT2D eigenvalue weighted by Crippen LogP contribution is 2.38. The first-order chi connectivity index (χ1) is 8.68. The molecule has 1 unspecified atom stereocenters. The van der Waals surface area contributed by atoms with Gasteiger partial charge >= 0.3 is 0 Å². The molecule has 0 spiro atoms. The Morgan fingerprint density at radius 2 is 1.83 bits per heavy atom. The van der Waals surface area contributed by atoms with Crippen LogP contribution in [0.15, 0.2) is 46.9 Å². The number of carbonyl (C=O) groups is 1. The van der Waals surface area contributed by atoms with Crippen molar-refractivity contribution in [3.05, 3.63) is 58.1 Å². The molecule has 0 aromatic heterocycles. The maximum atomic E-state index is 12.2. The number of hydrogen-bond donors (Lipinski definition) is 0. The molecule has 18 heavy (non-hydrogen) atoms. The standard InChI is InChI=1S/C16H13BrO/c1-10-9-12-7-8-13(11-5-3-2-4-6-11)15(17)14(12)16(10)18/h2-8,10H,9H2,1H3. The quantitative estimate of drug-likeness (QED) is 0.758. The van der Waals surface area contributed by atoms with E-state index in [0.29, 0.717) is 0 Å². The minimum atomic E-state index is 0.113. The lowest BCUT2D eigenvalue weighted by molar-refractivity contribution is 0.0945. The second-order valence-corrected chi connectivity index (χ2v) is 5.59. The lowest BCUT2D eigenvalue weighted by Gasteiger charge is -2.08. The fourth-order valence-corrected chi connectivity index (χ4v) is 3.37. The van der Waals surface area contributed by atoms with Gasteiger partial charge in [-0.3, -0.25) is 4.79 Å². The summed E-state index contributed by atoms with van der Waals surface area (Å²) in [5, 5.41) is 0. The van der Waals surface area contributed by atoms with Crippen LogP contribution in [0.3, 0.4) is 0 Å². The number of rotatable bonds is 1. The highest BCUT2D eigenvalue weighted by molar-refractivity contribution is 9.10. The molecule has 0 amide bonds. The molecule has 0 saturated carbocycles. The molecule has 0 heterocycles. The monoisotopic (exact) mass is 300 g/mol. The van der Waals surface area contributed by atoms with Crippen LogP contribution >= 0.6 is 15.9 Å². The third kappa shape index (κ3) is 1.72. The van der Waals surface area contributed by atoms with Crippen LogP contribution in [0, 0.1) is 5.92 Å². The molecule has 1 nitrogen and oxygen atoms in total. The lowest BCUT2D eigenvalue weighted by atomic mass is 10.0. The minimum Gasteiger partial charge on any atom is -0.294 e. The van der Waals surface area contributed by atoms with Gasteiger partial charge in [0.15, 0.2) is 5.78 Å². The molecule has 90 valence electrons. The average molecular weight is 301 g/mol. The van der Waals surface area contributed by atoms with Crippen LogP contribution in [-0.4, -0.2) is 5.78 Å². The van der Waals surface area contributed by atoms with E-state index in [1.807, 2.05) is 25.1 Å². The first-order valence-electron chi connectivity index (χ1n) is 6.09. The summed E-state index contributed by atoms with van der Waals surface area (Å²) >= 11 is 3.62. The van der Waals surface area contributed by atoms with Crippen molar-refractivity contribution in [1.29, 1.82) is 0 Å². The largest absolute Gasteiger partial charge is 0.294 e. The molecule has 0 N–H and O–H groups in total. The molecule has 0 radical (unpaired) electrons. The Morgan fingerprint density at radius 3 is 2.56 bits per heavy atom. The Balaban J connectivity index is 2.19. The second kappa shape index (κ2) is 4.36. The Kier molecular flexibility index (Phi) is 2.83. The van der Waals surface area contributed by atoms with E-state index >= 15 is 0 Å². The molecule has 2 aromatic carbocycles. The zero-order valence-electron chi connectivity index (χ0n) is 10.1. The van der Waals surface area contributed by atoms with E-state index in [0.717, 1.165) is 27.6 Å². The van der Waals surface area contributed by atoms with Gasteiger partial charge in [0.25, 0.3) is 0 Å². The number of ketones is 1. The van der Waals surface area contributed by atoms with E-state index in [-0.39, 0.29) is 11.7 Å². The van der Waals surface area contributed by atoms with E-state index in [1.54, 1.807) is 0 Å². The number of halogens is 1. The van der Waals surface area contributed by atoms with Gasteiger partial charge < -0.3 is 0 Å². The molecular formula is C16H13BrO. The Morgan fingerprint density at radius 1 is 1.11 bits per heavy atom. The predicted molar refractivity (Wildman–Crippen MR) is 76.8 cm³/mol. The second-order valence-electron chi connectivity index (χ2n) is 4.80. The summed E-state index contributed by atoms with van der Waals surface area (Å²) in [6.45, 7) is 2.00. The molecule has 2 heteroatoms. The molecule has 0 aliphatic heterocycles. The Hall–Kier alpha value is -1.41. The minimum absolute atomic E-state index is 0.113. The molecule has 3 rings (SSSR count). The van der Waals surface area contributed by atoms with Crippen molar-refractivity contribution in [3.63, 3.8) is 0 Å². The average Bonchev–Trinajstić information content (AvgIpc) is 2.67. The normalized spacial score (nSPS) is 17.9. The van der Waals surface area contributed by atoms with E-state index in [4.69, 9.17) is 0 Å². The molecular weight excluding hydrogens is 288 g/mol. The molecule has 0 saturated heterocycles. The van der Waals surface area contributed by atoms with Crippen molar-refractivity contribution in [2.75, 3.05) is 0 Å². The Labute approximate surface area is 115 Å². The van der Waals surface area contributed by atoms with Gasteiger partial charge in [0, 0.05) is 16.0 Å². The summed E-state index contributed by atoms with van der Waals surface area (Å²) in [5.74, 6) is 0.372. The third-order valence-electron chi connectivity index (χ3n) is 3.53. The van der Waals surface area contributed by atoms with Crippen molar-refractivity contribution in [2.45, 2.75) is 13.3 Å². The molecule has 0 bridgehead atoms. The first-order valence-corrected chi connectivity index (χ1v) is 6.89. The molecule has 1 aliphatic carbocycles. The van der Waals surface area contributed by atoms with Crippen LogP contribution in [0.5, 0.6) is 0 Å². The first kappa shape index (κ1) is 11.7. The number of carbonyl (C=O) groups excluding carboxylic acids is 1. The fourth-order valence-electron chi connectivity index (χ4n) is 2.56. The summed E-state index contributed by atoms with van der Waals surface area (Å²) in [5.41, 5.74) is 4.28. The van der Waals surface area contributed by atoms with Crippen LogP contribution in [0.25, 0.3) is 11.1 Å². The van der Waals surface area contributed by atoms with Crippen LogP contribution in [0.1, 0.15) is 22.8 Å². The van der Waals surface area contributed by atoms with Crippen molar-refractivity contribution in [2.24, 2.45) is 5.92 Å². The van der Waals surface area contributed by atoms with E-state index in [2.05, 4.69) is 40.2 Å². The van der Waals surface area contributed by atoms with Crippen molar-refractivity contribution >= 4 is 21.7 Å². The van der Waals surface area contributed by atoms with Gasteiger partial charge in [-0.2, -0.15) is 0 Å². The Bertz CT molecular complexity index is 616. The van der Waals surface area contributed by atoms with Gasteiger partial charge in [-0.1, -0.05) is 49.4 Å². The van der Waals surface area contributed by atoms with Gasteiger partial charge in [0.1, 0.15) is 0 Å². The van der Waals surface area contributed by atoms with E-state index in [1.165, 1.54) is 5.56 Å². The fraction of sp³-hybridized carbons (Fsp3) is 0.188. The highest BCUT2D eigenvalue weighted by atomic mass is 79.9. The maximum absolute atomic E-state index is 12.2.